The summed E-state index contributed by atoms with van der Waals surface area (Å²) >= 11 is 0. The molecule has 3 aromatic heterocycles. The normalized spacial score (nSPS) is 19.6. The smallest absolute Gasteiger partial charge is 0.258 e. The Hall–Kier alpha value is -3.52. The molecule has 0 aliphatic carbocycles. The maximum atomic E-state index is 12.4. The van der Waals surface area contributed by atoms with Gasteiger partial charge in [-0.3, -0.25) is 4.79 Å². The number of H-pyrrole nitrogens is 1. The lowest BCUT2D eigenvalue weighted by atomic mass is 9.92. The molecule has 2 N–H and O–H groups in total. The third kappa shape index (κ3) is 2.42. The second-order valence-electron chi connectivity index (χ2n) is 7.00. The van der Waals surface area contributed by atoms with Crippen molar-refractivity contribution in [2.75, 3.05) is 13.6 Å². The van der Waals surface area contributed by atoms with E-state index in [0.29, 0.717) is 24.4 Å². The van der Waals surface area contributed by atoms with E-state index in [1.54, 1.807) is 41.3 Å². The standard InChI is InChI=1S/C20H18N6O2/c1-25-9-7-20(28,19(25)27)13-4-2-5-14(10-13)26-12-23-18(24-26)16-11-22-17-15(16)6-3-8-21-17/h2-6,8,10-12,28H,7,9H2,1H3,(H,21,22). The summed E-state index contributed by atoms with van der Waals surface area (Å²) in [5.41, 5.74) is 1.44. The molecule has 1 amide bonds. The van der Waals surface area contributed by atoms with Gasteiger partial charge in [-0.25, -0.2) is 14.6 Å². The Bertz CT molecular complexity index is 1200. The van der Waals surface area contributed by atoms with Crippen LogP contribution in [-0.2, 0) is 10.4 Å². The van der Waals surface area contributed by atoms with Crippen LogP contribution < -0.4 is 0 Å². The predicted molar refractivity (Wildman–Crippen MR) is 103 cm³/mol. The van der Waals surface area contributed by atoms with Crippen molar-refractivity contribution in [1.82, 2.24) is 29.6 Å². The minimum atomic E-state index is -1.49. The number of likely N-dealkylation sites (N-methyl/N-ethyl adjacent to an activating group) is 1. The SMILES string of the molecule is CN1CCC(O)(c2cccc(-n3cnc(-c4c[nH]c5ncccc45)n3)c2)C1=O. The Labute approximate surface area is 160 Å². The van der Waals surface area contributed by atoms with Crippen LogP contribution in [-0.4, -0.2) is 54.2 Å². The topological polar surface area (TPSA) is 99.9 Å². The van der Waals surface area contributed by atoms with Crippen molar-refractivity contribution in [3.05, 3.63) is 60.7 Å². The van der Waals surface area contributed by atoms with Crippen molar-refractivity contribution in [2.45, 2.75) is 12.0 Å². The zero-order valence-corrected chi connectivity index (χ0v) is 15.2. The lowest BCUT2D eigenvalue weighted by Gasteiger charge is -2.21. The highest BCUT2D eigenvalue weighted by Gasteiger charge is 2.45. The van der Waals surface area contributed by atoms with Crippen LogP contribution in [0.4, 0.5) is 0 Å². The van der Waals surface area contributed by atoms with Crippen molar-refractivity contribution < 1.29 is 9.90 Å². The van der Waals surface area contributed by atoms with Crippen molar-refractivity contribution >= 4 is 16.9 Å². The Kier molecular flexibility index (Phi) is 3.56. The Morgan fingerprint density at radius 3 is 2.93 bits per heavy atom. The number of likely N-dealkylation sites (tertiary alicyclic amines) is 1. The maximum absolute atomic E-state index is 12.4. The van der Waals surface area contributed by atoms with Gasteiger partial charge in [0.15, 0.2) is 11.4 Å². The molecule has 1 atom stereocenters. The first-order valence-corrected chi connectivity index (χ1v) is 8.99. The summed E-state index contributed by atoms with van der Waals surface area (Å²) in [4.78, 5) is 25.8. The molecular formula is C20H18N6O2. The summed E-state index contributed by atoms with van der Waals surface area (Å²) in [5, 5.41) is 16.4. The van der Waals surface area contributed by atoms with Crippen LogP contribution in [0.25, 0.3) is 28.1 Å². The zero-order valence-electron chi connectivity index (χ0n) is 15.2. The summed E-state index contributed by atoms with van der Waals surface area (Å²) in [6, 6.07) is 11.1. The number of amides is 1. The van der Waals surface area contributed by atoms with Gasteiger partial charge in [0.1, 0.15) is 12.0 Å². The van der Waals surface area contributed by atoms with E-state index < -0.39 is 5.60 Å². The fraction of sp³-hybridized carbons (Fsp3) is 0.200. The summed E-state index contributed by atoms with van der Waals surface area (Å²) < 4.78 is 1.64. The quantitative estimate of drug-likeness (QED) is 0.570. The molecule has 8 nitrogen and oxygen atoms in total. The molecule has 0 bridgehead atoms. The third-order valence-electron chi connectivity index (χ3n) is 5.28. The Morgan fingerprint density at radius 2 is 2.11 bits per heavy atom. The number of fused-ring (bicyclic) bond motifs is 1. The average molecular weight is 374 g/mol. The fourth-order valence-electron chi connectivity index (χ4n) is 3.68. The minimum absolute atomic E-state index is 0.282. The lowest BCUT2D eigenvalue weighted by Crippen LogP contribution is -2.36. The molecule has 1 fully saturated rings. The van der Waals surface area contributed by atoms with Gasteiger partial charge in [-0.05, 0) is 29.8 Å². The number of pyridine rings is 1. The number of rotatable bonds is 3. The second kappa shape index (κ2) is 6.00. The van der Waals surface area contributed by atoms with E-state index in [2.05, 4.69) is 20.1 Å². The summed E-state index contributed by atoms with van der Waals surface area (Å²) in [7, 11) is 1.70. The molecule has 4 aromatic rings. The third-order valence-corrected chi connectivity index (χ3v) is 5.28. The Balaban J connectivity index is 1.52. The summed E-state index contributed by atoms with van der Waals surface area (Å²) in [6.07, 6.45) is 5.56. The number of aliphatic hydroxyl groups is 1. The number of aromatic amines is 1. The van der Waals surface area contributed by atoms with Gasteiger partial charge < -0.3 is 15.0 Å². The van der Waals surface area contributed by atoms with Gasteiger partial charge in [0, 0.05) is 43.4 Å². The number of hydrogen-bond acceptors (Lipinski definition) is 5. The fourth-order valence-corrected chi connectivity index (χ4v) is 3.68. The maximum Gasteiger partial charge on any atom is 0.258 e. The monoisotopic (exact) mass is 374 g/mol. The first-order valence-electron chi connectivity index (χ1n) is 8.99. The molecule has 1 aromatic carbocycles. The molecule has 1 unspecified atom stereocenters. The molecule has 0 spiro atoms. The minimum Gasteiger partial charge on any atom is -0.375 e. The Morgan fingerprint density at radius 1 is 1.21 bits per heavy atom. The first-order chi connectivity index (χ1) is 13.6. The van der Waals surface area contributed by atoms with Crippen molar-refractivity contribution in [3.8, 4) is 17.1 Å². The van der Waals surface area contributed by atoms with Crippen LogP contribution in [0.15, 0.2) is 55.1 Å². The molecular weight excluding hydrogens is 356 g/mol. The highest BCUT2D eigenvalue weighted by atomic mass is 16.3. The van der Waals surface area contributed by atoms with Crippen molar-refractivity contribution in [1.29, 1.82) is 0 Å². The van der Waals surface area contributed by atoms with Crippen LogP contribution in [0.3, 0.4) is 0 Å². The predicted octanol–water partition coefficient (Wildman–Crippen LogP) is 1.86. The second-order valence-corrected chi connectivity index (χ2v) is 7.00. The molecule has 140 valence electrons. The van der Waals surface area contributed by atoms with Gasteiger partial charge in [0.05, 0.1) is 5.69 Å². The average Bonchev–Trinajstić information content (AvgIpc) is 3.43. The largest absolute Gasteiger partial charge is 0.375 e. The van der Waals surface area contributed by atoms with Crippen LogP contribution >= 0.6 is 0 Å². The van der Waals surface area contributed by atoms with Gasteiger partial charge in [-0.2, -0.15) is 0 Å². The van der Waals surface area contributed by atoms with E-state index in [9.17, 15) is 9.90 Å². The molecule has 0 saturated carbocycles. The number of hydrogen-bond donors (Lipinski definition) is 2. The van der Waals surface area contributed by atoms with Gasteiger partial charge in [-0.1, -0.05) is 12.1 Å². The number of benzene rings is 1. The van der Waals surface area contributed by atoms with Crippen LogP contribution in [0.1, 0.15) is 12.0 Å². The van der Waals surface area contributed by atoms with Crippen molar-refractivity contribution in [3.63, 3.8) is 0 Å². The van der Waals surface area contributed by atoms with E-state index in [1.807, 2.05) is 30.5 Å². The molecule has 1 aliphatic heterocycles. The molecule has 1 aliphatic rings. The summed E-state index contributed by atoms with van der Waals surface area (Å²) in [6.45, 7) is 0.529. The molecule has 0 radical (unpaired) electrons. The van der Waals surface area contributed by atoms with Crippen LogP contribution in [0.2, 0.25) is 0 Å². The number of aromatic nitrogens is 5. The van der Waals surface area contributed by atoms with Crippen molar-refractivity contribution in [2.24, 2.45) is 0 Å². The van der Waals surface area contributed by atoms with Crippen LogP contribution in [0.5, 0.6) is 0 Å². The van der Waals surface area contributed by atoms with Crippen LogP contribution in [0, 0.1) is 0 Å². The number of carbonyl (C=O) groups excluding carboxylic acids is 1. The number of nitrogens with zero attached hydrogens (tertiary/aromatic N) is 5. The number of nitrogens with one attached hydrogen (secondary N) is 1. The van der Waals surface area contributed by atoms with Gasteiger partial charge in [-0.15, -0.1) is 5.10 Å². The lowest BCUT2D eigenvalue weighted by molar-refractivity contribution is -0.143. The molecule has 4 heterocycles. The van der Waals surface area contributed by atoms with E-state index in [-0.39, 0.29) is 5.91 Å². The van der Waals surface area contributed by atoms with Gasteiger partial charge in [0.25, 0.3) is 5.91 Å². The van der Waals surface area contributed by atoms with E-state index in [1.165, 1.54) is 0 Å². The van der Waals surface area contributed by atoms with E-state index >= 15 is 0 Å². The number of carbonyl (C=O) groups is 1. The van der Waals surface area contributed by atoms with E-state index in [4.69, 9.17) is 0 Å². The van der Waals surface area contributed by atoms with E-state index in [0.717, 1.165) is 22.3 Å². The molecule has 1 saturated heterocycles. The summed E-state index contributed by atoms with van der Waals surface area (Å²) in [5.74, 6) is 0.287. The molecule has 5 rings (SSSR count). The molecule has 8 heteroatoms. The highest BCUT2D eigenvalue weighted by Crippen LogP contribution is 2.33. The highest BCUT2D eigenvalue weighted by molar-refractivity contribution is 5.91. The zero-order chi connectivity index (χ0) is 19.3. The molecule has 28 heavy (non-hydrogen) atoms. The first kappa shape index (κ1) is 16.6. The van der Waals surface area contributed by atoms with Gasteiger partial charge >= 0.3 is 0 Å². The van der Waals surface area contributed by atoms with Gasteiger partial charge in [0.2, 0.25) is 0 Å².